The maximum absolute atomic E-state index is 13.1. The summed E-state index contributed by atoms with van der Waals surface area (Å²) in [7, 11) is 1.64. The van der Waals surface area contributed by atoms with E-state index in [-0.39, 0.29) is 10.7 Å². The molecular weight excluding hydrogens is 433 g/mol. The van der Waals surface area contributed by atoms with Gasteiger partial charge >= 0.3 is 0 Å². The van der Waals surface area contributed by atoms with Gasteiger partial charge in [0, 0.05) is 35.1 Å². The largest absolute Gasteiger partial charge is 0.383 e. The highest BCUT2D eigenvalue weighted by molar-refractivity contribution is 7.80. The van der Waals surface area contributed by atoms with Crippen molar-refractivity contribution in [3.05, 3.63) is 56.8 Å². The molecule has 0 aliphatic carbocycles. The van der Waals surface area contributed by atoms with Crippen molar-refractivity contribution in [2.45, 2.75) is 20.4 Å². The second-order valence-corrected chi connectivity index (χ2v) is 7.82. The van der Waals surface area contributed by atoms with Gasteiger partial charge in [0.15, 0.2) is 5.11 Å². The number of hydrogen-bond donors (Lipinski definition) is 1. The van der Waals surface area contributed by atoms with Crippen molar-refractivity contribution in [3.8, 4) is 0 Å². The highest BCUT2D eigenvalue weighted by Gasteiger charge is 2.35. The second kappa shape index (κ2) is 8.67. The number of aromatic nitrogens is 1. The summed E-state index contributed by atoms with van der Waals surface area (Å²) >= 11 is 17.3. The van der Waals surface area contributed by atoms with Crippen LogP contribution in [-0.2, 0) is 20.9 Å². The minimum absolute atomic E-state index is 0.0262. The Balaban J connectivity index is 2.02. The monoisotopic (exact) mass is 451 g/mol. The summed E-state index contributed by atoms with van der Waals surface area (Å²) in [6.45, 7) is 5.13. The molecule has 0 unspecified atom stereocenters. The molecule has 1 N–H and O–H groups in total. The van der Waals surface area contributed by atoms with Crippen LogP contribution >= 0.6 is 35.4 Å². The summed E-state index contributed by atoms with van der Waals surface area (Å²) in [4.78, 5) is 26.9. The lowest BCUT2D eigenvalue weighted by Gasteiger charge is -2.29. The highest BCUT2D eigenvalue weighted by Crippen LogP contribution is 2.29. The van der Waals surface area contributed by atoms with Gasteiger partial charge < -0.3 is 9.30 Å². The molecule has 152 valence electrons. The van der Waals surface area contributed by atoms with Crippen LogP contribution in [-0.4, -0.2) is 35.2 Å². The molecule has 0 bridgehead atoms. The number of hydrogen-bond acceptors (Lipinski definition) is 4. The number of carbonyl (C=O) groups excluding carboxylic acids is 2. The van der Waals surface area contributed by atoms with Crippen LogP contribution in [0.3, 0.4) is 0 Å². The van der Waals surface area contributed by atoms with E-state index < -0.39 is 11.8 Å². The molecule has 1 fully saturated rings. The third-order valence-electron chi connectivity index (χ3n) is 4.64. The van der Waals surface area contributed by atoms with Crippen molar-refractivity contribution in [2.75, 3.05) is 18.6 Å². The molecule has 29 heavy (non-hydrogen) atoms. The Morgan fingerprint density at radius 3 is 2.41 bits per heavy atom. The van der Waals surface area contributed by atoms with Gasteiger partial charge in [0.05, 0.1) is 12.3 Å². The van der Waals surface area contributed by atoms with Gasteiger partial charge in [-0.3, -0.25) is 19.8 Å². The number of amides is 2. The number of nitrogens with zero attached hydrogens (tertiary/aromatic N) is 2. The zero-order valence-corrected chi connectivity index (χ0v) is 18.4. The maximum Gasteiger partial charge on any atom is 0.270 e. The lowest BCUT2D eigenvalue weighted by Crippen LogP contribution is -2.54. The predicted octanol–water partition coefficient (Wildman–Crippen LogP) is 3.89. The summed E-state index contributed by atoms with van der Waals surface area (Å²) < 4.78 is 7.22. The van der Waals surface area contributed by atoms with Crippen LogP contribution < -0.4 is 10.2 Å². The molecule has 1 aliphatic rings. The Bertz CT molecular complexity index is 1030. The van der Waals surface area contributed by atoms with E-state index in [2.05, 4.69) is 9.88 Å². The van der Waals surface area contributed by atoms with Gasteiger partial charge in [-0.2, -0.15) is 0 Å². The SMILES string of the molecule is COCCn1c(C)cc(/C=C2/C(=O)NC(=S)N(c3cc(Cl)cc(Cl)c3)C2=O)c1C. The maximum atomic E-state index is 13.1. The molecule has 2 heterocycles. The highest BCUT2D eigenvalue weighted by atomic mass is 35.5. The number of aryl methyl sites for hydroxylation is 1. The number of ether oxygens (including phenoxy) is 1. The minimum atomic E-state index is -0.550. The molecule has 2 amide bonds. The lowest BCUT2D eigenvalue weighted by atomic mass is 10.1. The number of thiocarbonyl (C=S) groups is 1. The van der Waals surface area contributed by atoms with Crippen molar-refractivity contribution in [3.63, 3.8) is 0 Å². The van der Waals surface area contributed by atoms with Crippen LogP contribution in [0.4, 0.5) is 5.69 Å². The molecule has 9 heteroatoms. The second-order valence-electron chi connectivity index (χ2n) is 6.56. The number of carbonyl (C=O) groups is 2. The first-order chi connectivity index (χ1) is 13.7. The van der Waals surface area contributed by atoms with Gasteiger partial charge in [-0.25, -0.2) is 0 Å². The number of methoxy groups -OCH3 is 1. The number of nitrogens with one attached hydrogen (secondary N) is 1. The van der Waals surface area contributed by atoms with E-state index in [0.29, 0.717) is 28.9 Å². The molecule has 0 spiro atoms. The Hall–Kier alpha value is -2.19. The Kier molecular flexibility index (Phi) is 6.43. The number of halogens is 2. The number of rotatable bonds is 5. The fraction of sp³-hybridized carbons (Fsp3) is 0.250. The molecular formula is C20H19Cl2N3O3S. The molecule has 1 aromatic heterocycles. The van der Waals surface area contributed by atoms with E-state index in [4.69, 9.17) is 40.2 Å². The fourth-order valence-electron chi connectivity index (χ4n) is 3.22. The molecule has 0 radical (unpaired) electrons. The normalized spacial score (nSPS) is 16.0. The van der Waals surface area contributed by atoms with Crippen molar-refractivity contribution in [2.24, 2.45) is 0 Å². The van der Waals surface area contributed by atoms with Crippen LogP contribution in [0.25, 0.3) is 6.08 Å². The summed E-state index contributed by atoms with van der Waals surface area (Å²) in [6, 6.07) is 6.59. The van der Waals surface area contributed by atoms with Gasteiger partial charge in [0.1, 0.15) is 5.57 Å². The average Bonchev–Trinajstić information content (AvgIpc) is 2.89. The van der Waals surface area contributed by atoms with Crippen molar-refractivity contribution >= 4 is 64.1 Å². The fourth-order valence-corrected chi connectivity index (χ4v) is 4.01. The van der Waals surface area contributed by atoms with Gasteiger partial charge in [0.25, 0.3) is 11.8 Å². The molecule has 1 saturated heterocycles. The summed E-state index contributed by atoms with van der Waals surface area (Å²) in [5.41, 5.74) is 3.06. The standard InChI is InChI=1S/C20H19Cl2N3O3S/c1-11-6-13(12(2)24(11)4-5-28-3)7-17-18(26)23-20(29)25(19(17)27)16-9-14(21)8-15(22)10-16/h6-10H,4-5H2,1-3H3,(H,23,26,29)/b17-7-. The van der Waals surface area contributed by atoms with E-state index >= 15 is 0 Å². The van der Waals surface area contributed by atoms with Crippen LogP contribution in [0.15, 0.2) is 29.8 Å². The topological polar surface area (TPSA) is 63.6 Å². The van der Waals surface area contributed by atoms with E-state index in [0.717, 1.165) is 17.0 Å². The van der Waals surface area contributed by atoms with Crippen molar-refractivity contribution in [1.29, 1.82) is 0 Å². The Labute approximate surface area is 184 Å². The quantitative estimate of drug-likeness (QED) is 0.425. The lowest BCUT2D eigenvalue weighted by molar-refractivity contribution is -0.122. The van der Waals surface area contributed by atoms with Crippen molar-refractivity contribution in [1.82, 2.24) is 9.88 Å². The van der Waals surface area contributed by atoms with E-state index in [1.54, 1.807) is 31.4 Å². The molecule has 1 aromatic carbocycles. The number of benzene rings is 1. The summed E-state index contributed by atoms with van der Waals surface area (Å²) in [5, 5.41) is 3.24. The zero-order chi connectivity index (χ0) is 21.3. The van der Waals surface area contributed by atoms with Crippen molar-refractivity contribution < 1.29 is 14.3 Å². The van der Waals surface area contributed by atoms with Gasteiger partial charge in [0.2, 0.25) is 0 Å². The first kappa shape index (κ1) is 21.5. The first-order valence-electron chi connectivity index (χ1n) is 8.76. The molecule has 0 saturated carbocycles. The Morgan fingerprint density at radius 2 is 1.79 bits per heavy atom. The molecule has 6 nitrogen and oxygen atoms in total. The zero-order valence-electron chi connectivity index (χ0n) is 16.1. The third kappa shape index (κ3) is 4.38. The van der Waals surface area contributed by atoms with Crippen LogP contribution in [0.1, 0.15) is 17.0 Å². The van der Waals surface area contributed by atoms with Crippen LogP contribution in [0.5, 0.6) is 0 Å². The van der Waals surface area contributed by atoms with Gasteiger partial charge in [-0.1, -0.05) is 23.2 Å². The van der Waals surface area contributed by atoms with E-state index in [1.807, 2.05) is 19.9 Å². The van der Waals surface area contributed by atoms with Gasteiger partial charge in [-0.05, 0) is 62.0 Å². The average molecular weight is 452 g/mol. The molecule has 0 atom stereocenters. The first-order valence-corrected chi connectivity index (χ1v) is 9.92. The van der Waals surface area contributed by atoms with Gasteiger partial charge in [-0.15, -0.1) is 0 Å². The summed E-state index contributed by atoms with van der Waals surface area (Å²) in [5.74, 6) is -1.09. The smallest absolute Gasteiger partial charge is 0.270 e. The van der Waals surface area contributed by atoms with Crippen LogP contribution in [0.2, 0.25) is 10.0 Å². The molecule has 3 rings (SSSR count). The third-order valence-corrected chi connectivity index (χ3v) is 5.36. The predicted molar refractivity (Wildman–Crippen MR) is 118 cm³/mol. The van der Waals surface area contributed by atoms with E-state index in [9.17, 15) is 9.59 Å². The van der Waals surface area contributed by atoms with Crippen LogP contribution in [0, 0.1) is 13.8 Å². The Morgan fingerprint density at radius 1 is 1.14 bits per heavy atom. The van der Waals surface area contributed by atoms with E-state index in [1.165, 1.54) is 4.90 Å². The number of anilines is 1. The molecule has 2 aromatic rings. The molecule has 1 aliphatic heterocycles. The minimum Gasteiger partial charge on any atom is -0.383 e. The summed E-state index contributed by atoms with van der Waals surface area (Å²) in [6.07, 6.45) is 1.57.